The number of carbonyl (C=O) groups excluding carboxylic acids is 1. The van der Waals surface area contributed by atoms with Gasteiger partial charge in [0.05, 0.1) is 24.3 Å². The van der Waals surface area contributed by atoms with Gasteiger partial charge in [-0.15, -0.1) is 0 Å². The summed E-state index contributed by atoms with van der Waals surface area (Å²) < 4.78 is 5.92. The van der Waals surface area contributed by atoms with Crippen LogP contribution in [0.1, 0.15) is 52.0 Å². The van der Waals surface area contributed by atoms with Crippen LogP contribution < -0.4 is 10.1 Å². The lowest BCUT2D eigenvalue weighted by Gasteiger charge is -2.19. The fourth-order valence-electron chi connectivity index (χ4n) is 4.16. The third-order valence-corrected chi connectivity index (χ3v) is 6.23. The largest absolute Gasteiger partial charge is 0.490 e. The van der Waals surface area contributed by atoms with Gasteiger partial charge in [-0.3, -0.25) is 4.79 Å². The molecule has 0 saturated heterocycles. The number of aryl methyl sites for hydroxylation is 1. The molecule has 0 bridgehead atoms. The molecule has 0 saturated carbocycles. The molecule has 5 heteroatoms. The average Bonchev–Trinajstić information content (AvgIpc) is 3.27. The first kappa shape index (κ1) is 25.1. The topological polar surface area (TPSA) is 74.3 Å². The Labute approximate surface area is 212 Å². The number of amides is 1. The average molecular weight is 481 g/mol. The van der Waals surface area contributed by atoms with E-state index in [-0.39, 0.29) is 18.6 Å². The molecule has 1 amide bonds. The highest BCUT2D eigenvalue weighted by molar-refractivity contribution is 5.97. The van der Waals surface area contributed by atoms with Gasteiger partial charge in [-0.2, -0.15) is 0 Å². The number of para-hydroxylation sites is 1. The second-order valence-electron chi connectivity index (χ2n) is 9.29. The van der Waals surface area contributed by atoms with Crippen molar-refractivity contribution in [3.63, 3.8) is 0 Å². The second kappa shape index (κ2) is 11.2. The molecule has 1 atom stereocenters. The highest BCUT2D eigenvalue weighted by Gasteiger charge is 2.19. The standard InChI is InChI=1S/C31H32N2O3/c1-20(2)36-30-15-13-23(12-14-24-9-7-8-21(3)22(24)4)16-28(30)31(35)33-26(19-34)17-25-18-32-29-11-6-5-10-27(25)29/h5-11,13,15-16,18,20,26,32,34H,17,19H2,1-4H3,(H,33,35)/t26-/m1/s1. The van der Waals surface area contributed by atoms with E-state index >= 15 is 0 Å². The Hall–Kier alpha value is -4.01. The Kier molecular flexibility index (Phi) is 7.77. The van der Waals surface area contributed by atoms with Crippen LogP contribution in [0.5, 0.6) is 5.75 Å². The molecule has 36 heavy (non-hydrogen) atoms. The van der Waals surface area contributed by atoms with E-state index < -0.39 is 6.04 Å². The number of hydrogen-bond acceptors (Lipinski definition) is 3. The van der Waals surface area contributed by atoms with E-state index in [1.165, 1.54) is 5.56 Å². The van der Waals surface area contributed by atoms with Crippen molar-refractivity contribution in [3.05, 3.63) is 100 Å². The molecule has 1 aromatic heterocycles. The molecule has 0 radical (unpaired) electrons. The molecule has 4 aromatic rings. The Morgan fingerprint density at radius 3 is 2.64 bits per heavy atom. The summed E-state index contributed by atoms with van der Waals surface area (Å²) >= 11 is 0. The second-order valence-corrected chi connectivity index (χ2v) is 9.29. The summed E-state index contributed by atoms with van der Waals surface area (Å²) in [6.45, 7) is 7.78. The van der Waals surface area contributed by atoms with E-state index in [0.717, 1.165) is 27.6 Å². The summed E-state index contributed by atoms with van der Waals surface area (Å²) in [5.41, 5.74) is 6.47. The van der Waals surface area contributed by atoms with Crippen molar-refractivity contribution in [1.29, 1.82) is 0 Å². The van der Waals surface area contributed by atoms with Crippen molar-refractivity contribution < 1.29 is 14.6 Å². The van der Waals surface area contributed by atoms with Gasteiger partial charge < -0.3 is 20.1 Å². The van der Waals surface area contributed by atoms with Crippen LogP contribution in [-0.4, -0.2) is 34.8 Å². The van der Waals surface area contributed by atoms with Crippen LogP contribution in [0.2, 0.25) is 0 Å². The van der Waals surface area contributed by atoms with Gasteiger partial charge in [-0.1, -0.05) is 42.2 Å². The predicted molar refractivity (Wildman–Crippen MR) is 144 cm³/mol. The first-order chi connectivity index (χ1) is 17.4. The molecule has 4 rings (SSSR count). The Morgan fingerprint density at radius 1 is 1.06 bits per heavy atom. The number of hydrogen-bond donors (Lipinski definition) is 3. The first-order valence-corrected chi connectivity index (χ1v) is 12.2. The minimum atomic E-state index is -0.451. The summed E-state index contributed by atoms with van der Waals surface area (Å²) in [6, 6.07) is 19.0. The normalized spacial score (nSPS) is 11.7. The summed E-state index contributed by atoms with van der Waals surface area (Å²) in [7, 11) is 0. The van der Waals surface area contributed by atoms with Gasteiger partial charge in [0.1, 0.15) is 5.75 Å². The molecule has 0 unspecified atom stereocenters. The maximum Gasteiger partial charge on any atom is 0.255 e. The SMILES string of the molecule is Cc1cccc(C#Cc2ccc(OC(C)C)c(C(=O)N[C@@H](CO)Cc3c[nH]c4ccccc34)c2)c1C. The van der Waals surface area contributed by atoms with Gasteiger partial charge in [0.2, 0.25) is 0 Å². The fourth-order valence-corrected chi connectivity index (χ4v) is 4.16. The molecule has 3 N–H and O–H groups in total. The number of benzene rings is 3. The molecular weight excluding hydrogens is 448 g/mol. The molecular formula is C31H32N2O3. The van der Waals surface area contributed by atoms with Gasteiger partial charge in [-0.05, 0) is 81.1 Å². The Balaban J connectivity index is 1.59. The van der Waals surface area contributed by atoms with E-state index in [2.05, 4.69) is 42.1 Å². The first-order valence-electron chi connectivity index (χ1n) is 12.2. The summed E-state index contributed by atoms with van der Waals surface area (Å²) in [5, 5.41) is 14.1. The summed E-state index contributed by atoms with van der Waals surface area (Å²) in [4.78, 5) is 16.6. The van der Waals surface area contributed by atoms with Gasteiger partial charge in [-0.25, -0.2) is 0 Å². The highest BCUT2D eigenvalue weighted by Crippen LogP contribution is 2.23. The molecule has 1 heterocycles. The van der Waals surface area contributed by atoms with Crippen LogP contribution in [0.3, 0.4) is 0 Å². The molecule has 0 spiro atoms. The van der Waals surface area contributed by atoms with Gasteiger partial charge in [0.15, 0.2) is 0 Å². The number of aromatic amines is 1. The van der Waals surface area contributed by atoms with E-state index in [4.69, 9.17) is 4.74 Å². The van der Waals surface area contributed by atoms with Crippen molar-refractivity contribution in [2.45, 2.75) is 46.3 Å². The fraction of sp³-hybridized carbons (Fsp3) is 0.258. The number of H-pyrrole nitrogens is 1. The molecule has 184 valence electrons. The number of nitrogens with one attached hydrogen (secondary N) is 2. The number of aliphatic hydroxyl groups is 1. The molecule has 0 aliphatic rings. The van der Waals surface area contributed by atoms with E-state index in [1.807, 2.05) is 62.5 Å². The minimum Gasteiger partial charge on any atom is -0.490 e. The van der Waals surface area contributed by atoms with Crippen molar-refractivity contribution in [3.8, 4) is 17.6 Å². The molecule has 5 nitrogen and oxygen atoms in total. The van der Waals surface area contributed by atoms with Gasteiger partial charge in [0, 0.05) is 28.2 Å². The van der Waals surface area contributed by atoms with Crippen molar-refractivity contribution in [2.75, 3.05) is 6.61 Å². The zero-order valence-electron chi connectivity index (χ0n) is 21.2. The number of aliphatic hydroxyl groups excluding tert-OH is 1. The number of rotatable bonds is 7. The maximum absolute atomic E-state index is 13.4. The van der Waals surface area contributed by atoms with Gasteiger partial charge >= 0.3 is 0 Å². The lowest BCUT2D eigenvalue weighted by Crippen LogP contribution is -2.39. The third-order valence-electron chi connectivity index (χ3n) is 6.23. The van der Waals surface area contributed by atoms with E-state index in [0.29, 0.717) is 23.3 Å². The van der Waals surface area contributed by atoms with Crippen LogP contribution in [0.15, 0.2) is 66.9 Å². The summed E-state index contributed by atoms with van der Waals surface area (Å²) in [6.07, 6.45) is 2.33. The predicted octanol–water partition coefficient (Wildman–Crippen LogP) is 5.31. The zero-order chi connectivity index (χ0) is 25.7. The van der Waals surface area contributed by atoms with Crippen molar-refractivity contribution in [2.24, 2.45) is 0 Å². The van der Waals surface area contributed by atoms with E-state index in [1.54, 1.807) is 12.1 Å². The molecule has 0 fully saturated rings. The third kappa shape index (κ3) is 5.79. The van der Waals surface area contributed by atoms with Crippen LogP contribution >= 0.6 is 0 Å². The zero-order valence-corrected chi connectivity index (χ0v) is 21.2. The maximum atomic E-state index is 13.4. The highest BCUT2D eigenvalue weighted by atomic mass is 16.5. The minimum absolute atomic E-state index is 0.0942. The molecule has 0 aliphatic heterocycles. The molecule has 0 aliphatic carbocycles. The van der Waals surface area contributed by atoms with Crippen LogP contribution in [0, 0.1) is 25.7 Å². The Bertz CT molecular complexity index is 1440. The quantitative estimate of drug-likeness (QED) is 0.314. The molecule has 3 aromatic carbocycles. The van der Waals surface area contributed by atoms with Crippen LogP contribution in [-0.2, 0) is 6.42 Å². The smallest absolute Gasteiger partial charge is 0.255 e. The Morgan fingerprint density at radius 2 is 1.86 bits per heavy atom. The van der Waals surface area contributed by atoms with Gasteiger partial charge in [0.25, 0.3) is 5.91 Å². The number of carbonyl (C=O) groups is 1. The lowest BCUT2D eigenvalue weighted by atomic mass is 10.0. The number of aromatic nitrogens is 1. The summed E-state index contributed by atoms with van der Waals surface area (Å²) in [5.74, 6) is 6.60. The number of fused-ring (bicyclic) bond motifs is 1. The van der Waals surface area contributed by atoms with Crippen LogP contribution in [0.4, 0.5) is 0 Å². The van der Waals surface area contributed by atoms with Crippen molar-refractivity contribution >= 4 is 16.8 Å². The van der Waals surface area contributed by atoms with E-state index in [9.17, 15) is 9.90 Å². The van der Waals surface area contributed by atoms with Crippen molar-refractivity contribution in [1.82, 2.24) is 10.3 Å². The lowest BCUT2D eigenvalue weighted by molar-refractivity contribution is 0.0910. The number of ether oxygens (including phenoxy) is 1. The van der Waals surface area contributed by atoms with Crippen LogP contribution in [0.25, 0.3) is 10.9 Å². The monoisotopic (exact) mass is 480 g/mol.